The predicted octanol–water partition coefficient (Wildman–Crippen LogP) is 7.14. The van der Waals surface area contributed by atoms with Gasteiger partial charge in [0.05, 0.1) is 16.8 Å². The van der Waals surface area contributed by atoms with E-state index in [1.165, 1.54) is 0 Å². The Balaban J connectivity index is 1.83. The van der Waals surface area contributed by atoms with E-state index in [1.807, 2.05) is 74.5 Å². The molecule has 0 N–H and O–H groups in total. The van der Waals surface area contributed by atoms with Crippen LogP contribution >= 0.6 is 27.5 Å². The molecule has 0 saturated carbocycles. The van der Waals surface area contributed by atoms with E-state index in [4.69, 9.17) is 21.1 Å². The number of halogens is 2. The highest BCUT2D eigenvalue weighted by atomic mass is 79.9. The fourth-order valence-electron chi connectivity index (χ4n) is 2.61. The van der Waals surface area contributed by atoms with Crippen LogP contribution in [0.5, 0.6) is 11.5 Å². The minimum atomic E-state index is 0.467. The maximum atomic E-state index is 6.18. The number of aliphatic imine (C=N–C) groups is 1. The Bertz CT molecular complexity index is 974. The summed E-state index contributed by atoms with van der Waals surface area (Å²) in [6.07, 6.45) is 1.79. The second-order valence-electron chi connectivity index (χ2n) is 6.23. The van der Waals surface area contributed by atoms with E-state index < -0.39 is 0 Å². The van der Waals surface area contributed by atoms with E-state index in [1.54, 1.807) is 6.21 Å². The summed E-state index contributed by atoms with van der Waals surface area (Å²) in [5.74, 6) is 1.36. The normalized spacial score (nSPS) is 11.0. The van der Waals surface area contributed by atoms with Gasteiger partial charge in [-0.3, -0.25) is 4.99 Å². The smallest absolute Gasteiger partial charge is 0.175 e. The van der Waals surface area contributed by atoms with Crippen LogP contribution in [0, 0.1) is 6.92 Å². The number of hydrogen-bond donors (Lipinski definition) is 0. The average molecular weight is 459 g/mol. The highest BCUT2D eigenvalue weighted by Gasteiger charge is 2.12. The quantitative estimate of drug-likeness (QED) is 0.352. The number of rotatable bonds is 7. The van der Waals surface area contributed by atoms with Crippen LogP contribution in [0.3, 0.4) is 0 Å². The van der Waals surface area contributed by atoms with E-state index in [-0.39, 0.29) is 0 Å². The molecule has 3 aromatic rings. The Morgan fingerprint density at radius 1 is 1.04 bits per heavy atom. The molecular weight excluding hydrogens is 438 g/mol. The first-order valence-electron chi connectivity index (χ1n) is 9.00. The standard InChI is InChI=1S/C23H21BrClNO2/c1-3-27-22-12-18(14-26-19-10-9-16(2)21(25)13-19)11-20(24)23(22)28-15-17-7-5-4-6-8-17/h4-14H,3,15H2,1-2H3. The number of ether oxygens (including phenoxy) is 2. The van der Waals surface area contributed by atoms with Crippen LogP contribution in [-0.2, 0) is 6.61 Å². The van der Waals surface area contributed by atoms with Gasteiger partial charge in [-0.25, -0.2) is 0 Å². The lowest BCUT2D eigenvalue weighted by Crippen LogP contribution is -2.01. The van der Waals surface area contributed by atoms with E-state index >= 15 is 0 Å². The first-order valence-corrected chi connectivity index (χ1v) is 10.2. The summed E-state index contributed by atoms with van der Waals surface area (Å²) in [6.45, 7) is 4.93. The molecule has 0 bridgehead atoms. The fraction of sp³-hybridized carbons (Fsp3) is 0.174. The second-order valence-corrected chi connectivity index (χ2v) is 7.49. The Hall–Kier alpha value is -2.30. The Labute approximate surface area is 179 Å². The van der Waals surface area contributed by atoms with Crippen LogP contribution in [0.1, 0.15) is 23.6 Å². The Morgan fingerprint density at radius 3 is 2.54 bits per heavy atom. The zero-order chi connectivity index (χ0) is 19.9. The van der Waals surface area contributed by atoms with Gasteiger partial charge in [0.15, 0.2) is 11.5 Å². The van der Waals surface area contributed by atoms with Gasteiger partial charge in [0.2, 0.25) is 0 Å². The first-order chi connectivity index (χ1) is 13.6. The minimum absolute atomic E-state index is 0.467. The maximum absolute atomic E-state index is 6.18. The van der Waals surface area contributed by atoms with Crippen LogP contribution < -0.4 is 9.47 Å². The number of aryl methyl sites for hydroxylation is 1. The average Bonchev–Trinajstić information content (AvgIpc) is 2.69. The zero-order valence-electron chi connectivity index (χ0n) is 15.8. The molecule has 3 rings (SSSR count). The van der Waals surface area contributed by atoms with Gasteiger partial charge in [0.1, 0.15) is 6.61 Å². The summed E-state index contributed by atoms with van der Waals surface area (Å²) in [4.78, 5) is 4.52. The minimum Gasteiger partial charge on any atom is -0.490 e. The second kappa shape index (κ2) is 9.76. The van der Waals surface area contributed by atoms with E-state index in [2.05, 4.69) is 20.9 Å². The first kappa shape index (κ1) is 20.4. The molecule has 0 aromatic heterocycles. The monoisotopic (exact) mass is 457 g/mol. The molecule has 0 aliphatic rings. The van der Waals surface area contributed by atoms with Crippen molar-refractivity contribution in [1.82, 2.24) is 0 Å². The third-order valence-corrected chi connectivity index (χ3v) is 5.07. The molecule has 3 nitrogen and oxygen atoms in total. The van der Waals surface area contributed by atoms with Crippen LogP contribution in [-0.4, -0.2) is 12.8 Å². The number of benzene rings is 3. The molecule has 3 aromatic carbocycles. The van der Waals surface area contributed by atoms with Crippen LogP contribution in [0.15, 0.2) is 70.1 Å². The molecule has 0 amide bonds. The molecule has 0 unspecified atom stereocenters. The molecule has 0 fully saturated rings. The zero-order valence-corrected chi connectivity index (χ0v) is 18.1. The van der Waals surface area contributed by atoms with E-state index in [0.717, 1.165) is 26.9 Å². The third-order valence-electron chi connectivity index (χ3n) is 4.08. The van der Waals surface area contributed by atoms with Gasteiger partial charge in [-0.2, -0.15) is 0 Å². The molecular formula is C23H21BrClNO2. The molecule has 28 heavy (non-hydrogen) atoms. The molecule has 0 spiro atoms. The van der Waals surface area contributed by atoms with Crippen molar-refractivity contribution in [1.29, 1.82) is 0 Å². The lowest BCUT2D eigenvalue weighted by atomic mass is 10.2. The van der Waals surface area contributed by atoms with Crippen molar-refractivity contribution in [2.24, 2.45) is 4.99 Å². The van der Waals surface area contributed by atoms with Crippen LogP contribution in [0.25, 0.3) is 0 Å². The molecule has 0 heterocycles. The predicted molar refractivity (Wildman–Crippen MR) is 120 cm³/mol. The molecule has 0 radical (unpaired) electrons. The van der Waals surface area contributed by atoms with Crippen molar-refractivity contribution in [3.63, 3.8) is 0 Å². The van der Waals surface area contributed by atoms with Gasteiger partial charge in [0, 0.05) is 11.2 Å². The Kier molecular flexibility index (Phi) is 7.12. The molecule has 0 atom stereocenters. The lowest BCUT2D eigenvalue weighted by molar-refractivity contribution is 0.267. The van der Waals surface area contributed by atoms with Gasteiger partial charge in [-0.05, 0) is 70.7 Å². The summed E-state index contributed by atoms with van der Waals surface area (Å²) in [6, 6.07) is 19.7. The van der Waals surface area contributed by atoms with Crippen molar-refractivity contribution in [2.45, 2.75) is 20.5 Å². The molecule has 5 heteroatoms. The lowest BCUT2D eigenvalue weighted by Gasteiger charge is -2.14. The van der Waals surface area contributed by atoms with Crippen LogP contribution in [0.4, 0.5) is 5.69 Å². The summed E-state index contributed by atoms with van der Waals surface area (Å²) in [7, 11) is 0. The molecule has 0 saturated heterocycles. The largest absolute Gasteiger partial charge is 0.490 e. The summed E-state index contributed by atoms with van der Waals surface area (Å²) < 4.78 is 12.6. The molecule has 0 aliphatic carbocycles. The maximum Gasteiger partial charge on any atom is 0.175 e. The summed E-state index contributed by atoms with van der Waals surface area (Å²) in [5, 5.41) is 0.704. The van der Waals surface area contributed by atoms with Gasteiger partial charge in [-0.15, -0.1) is 0 Å². The van der Waals surface area contributed by atoms with Crippen LogP contribution in [0.2, 0.25) is 5.02 Å². The summed E-state index contributed by atoms with van der Waals surface area (Å²) in [5.41, 5.74) is 3.83. The number of hydrogen-bond acceptors (Lipinski definition) is 3. The van der Waals surface area contributed by atoms with E-state index in [9.17, 15) is 0 Å². The molecule has 0 aliphatic heterocycles. The Morgan fingerprint density at radius 2 is 1.82 bits per heavy atom. The van der Waals surface area contributed by atoms with Crippen molar-refractivity contribution >= 4 is 39.4 Å². The van der Waals surface area contributed by atoms with E-state index in [0.29, 0.717) is 29.7 Å². The fourth-order valence-corrected chi connectivity index (χ4v) is 3.36. The third kappa shape index (κ3) is 5.37. The number of nitrogens with zero attached hydrogens (tertiary/aromatic N) is 1. The van der Waals surface area contributed by atoms with Gasteiger partial charge >= 0.3 is 0 Å². The van der Waals surface area contributed by atoms with Crippen molar-refractivity contribution in [2.75, 3.05) is 6.61 Å². The van der Waals surface area contributed by atoms with Crippen molar-refractivity contribution in [3.8, 4) is 11.5 Å². The summed E-state index contributed by atoms with van der Waals surface area (Å²) >= 11 is 9.78. The highest BCUT2D eigenvalue weighted by Crippen LogP contribution is 2.37. The van der Waals surface area contributed by atoms with Crippen molar-refractivity contribution < 1.29 is 9.47 Å². The van der Waals surface area contributed by atoms with Crippen molar-refractivity contribution in [3.05, 3.63) is 86.8 Å². The van der Waals surface area contributed by atoms with Gasteiger partial charge in [-0.1, -0.05) is 48.0 Å². The molecule has 144 valence electrons. The van der Waals surface area contributed by atoms with Gasteiger partial charge in [0.25, 0.3) is 0 Å². The highest BCUT2D eigenvalue weighted by molar-refractivity contribution is 9.10. The van der Waals surface area contributed by atoms with Gasteiger partial charge < -0.3 is 9.47 Å². The SMILES string of the molecule is CCOc1cc(C=Nc2ccc(C)c(Cl)c2)cc(Br)c1OCc1ccccc1. The topological polar surface area (TPSA) is 30.8 Å².